The summed E-state index contributed by atoms with van der Waals surface area (Å²) < 4.78 is 11.3. The van der Waals surface area contributed by atoms with Crippen molar-refractivity contribution >= 4 is 16.9 Å². The highest BCUT2D eigenvalue weighted by Gasteiger charge is 2.21. The van der Waals surface area contributed by atoms with Gasteiger partial charge in [0.05, 0.1) is 18.5 Å². The zero-order valence-corrected chi connectivity index (χ0v) is 12.1. The molecule has 0 aliphatic carbocycles. The first-order chi connectivity index (χ1) is 9.91. The Labute approximate surface area is 120 Å². The SMILES string of the molecule is Cc1onc2c(=O)n(CCOCC(C)C)nc(C(=O)O)c12. The molecule has 0 radical (unpaired) electrons. The quantitative estimate of drug-likeness (QED) is 0.794. The molecule has 0 saturated carbocycles. The Balaban J connectivity index is 2.34. The van der Waals surface area contributed by atoms with Crippen molar-refractivity contribution in [1.82, 2.24) is 14.9 Å². The molecule has 0 unspecified atom stereocenters. The number of hydrogen-bond acceptors (Lipinski definition) is 6. The number of fused-ring (bicyclic) bond motifs is 1. The largest absolute Gasteiger partial charge is 0.476 e. The van der Waals surface area contributed by atoms with Crippen molar-refractivity contribution in [2.75, 3.05) is 13.2 Å². The van der Waals surface area contributed by atoms with Crippen LogP contribution in [0.15, 0.2) is 9.32 Å². The number of carboxylic acid groups (broad SMARTS) is 1. The Morgan fingerprint density at radius 1 is 1.48 bits per heavy atom. The summed E-state index contributed by atoms with van der Waals surface area (Å²) in [4.78, 5) is 23.4. The van der Waals surface area contributed by atoms with E-state index in [0.717, 1.165) is 4.68 Å². The van der Waals surface area contributed by atoms with Crippen molar-refractivity contribution in [3.05, 3.63) is 21.8 Å². The fourth-order valence-corrected chi connectivity index (χ4v) is 1.91. The van der Waals surface area contributed by atoms with Crippen LogP contribution >= 0.6 is 0 Å². The third-order valence-electron chi connectivity index (χ3n) is 2.86. The minimum atomic E-state index is -1.23. The van der Waals surface area contributed by atoms with E-state index in [0.29, 0.717) is 12.5 Å². The average Bonchev–Trinajstić information content (AvgIpc) is 2.79. The topological polar surface area (TPSA) is 107 Å². The van der Waals surface area contributed by atoms with E-state index in [1.54, 1.807) is 6.92 Å². The van der Waals surface area contributed by atoms with E-state index in [9.17, 15) is 14.7 Å². The van der Waals surface area contributed by atoms with E-state index in [4.69, 9.17) is 9.26 Å². The molecule has 0 aliphatic rings. The second-order valence-electron chi connectivity index (χ2n) is 5.11. The zero-order chi connectivity index (χ0) is 15.6. The maximum atomic E-state index is 12.2. The van der Waals surface area contributed by atoms with Gasteiger partial charge >= 0.3 is 5.97 Å². The first-order valence-electron chi connectivity index (χ1n) is 6.60. The summed E-state index contributed by atoms with van der Waals surface area (Å²) in [6, 6.07) is 0. The van der Waals surface area contributed by atoms with Crippen molar-refractivity contribution in [2.45, 2.75) is 27.3 Å². The van der Waals surface area contributed by atoms with Crippen LogP contribution in [-0.2, 0) is 11.3 Å². The highest BCUT2D eigenvalue weighted by Crippen LogP contribution is 2.17. The van der Waals surface area contributed by atoms with Crippen LogP contribution < -0.4 is 5.56 Å². The molecule has 2 heterocycles. The summed E-state index contributed by atoms with van der Waals surface area (Å²) in [5.41, 5.74) is -0.754. The number of hydrogen-bond donors (Lipinski definition) is 1. The monoisotopic (exact) mass is 295 g/mol. The number of carboxylic acids is 1. The molecule has 0 saturated heterocycles. The van der Waals surface area contributed by atoms with Crippen molar-refractivity contribution in [1.29, 1.82) is 0 Å². The van der Waals surface area contributed by atoms with Crippen LogP contribution in [-0.4, -0.2) is 39.2 Å². The van der Waals surface area contributed by atoms with Gasteiger partial charge in [-0.2, -0.15) is 5.10 Å². The first kappa shape index (κ1) is 15.2. The number of aromatic nitrogens is 3. The molecule has 0 amide bonds. The van der Waals surface area contributed by atoms with Gasteiger partial charge in [-0.25, -0.2) is 9.48 Å². The minimum absolute atomic E-state index is 0.0243. The molecule has 8 nitrogen and oxygen atoms in total. The highest BCUT2D eigenvalue weighted by atomic mass is 16.5. The Morgan fingerprint density at radius 3 is 2.81 bits per heavy atom. The molecule has 0 aromatic carbocycles. The van der Waals surface area contributed by atoms with Gasteiger partial charge in [0.1, 0.15) is 5.76 Å². The van der Waals surface area contributed by atoms with E-state index in [2.05, 4.69) is 10.3 Å². The Hall–Kier alpha value is -2.22. The van der Waals surface area contributed by atoms with Crippen LogP contribution in [0.25, 0.3) is 10.9 Å². The number of carbonyl (C=O) groups is 1. The molecular formula is C13H17N3O5. The van der Waals surface area contributed by atoms with E-state index < -0.39 is 11.5 Å². The van der Waals surface area contributed by atoms with Crippen LogP contribution in [0.1, 0.15) is 30.1 Å². The van der Waals surface area contributed by atoms with Crippen molar-refractivity contribution in [2.24, 2.45) is 5.92 Å². The average molecular weight is 295 g/mol. The summed E-state index contributed by atoms with van der Waals surface area (Å²) in [6.45, 7) is 6.55. The Morgan fingerprint density at radius 2 is 2.19 bits per heavy atom. The predicted octanol–water partition coefficient (Wildman–Crippen LogP) is 1.06. The Bertz CT molecular complexity index is 716. The summed E-state index contributed by atoms with van der Waals surface area (Å²) in [6.07, 6.45) is 0. The minimum Gasteiger partial charge on any atom is -0.476 e. The molecule has 8 heteroatoms. The lowest BCUT2D eigenvalue weighted by Crippen LogP contribution is -2.28. The van der Waals surface area contributed by atoms with Crippen LogP contribution in [0.5, 0.6) is 0 Å². The van der Waals surface area contributed by atoms with Gasteiger partial charge in [0.15, 0.2) is 11.2 Å². The second kappa shape index (κ2) is 6.04. The number of nitrogens with zero attached hydrogens (tertiary/aromatic N) is 3. The standard InChI is InChI=1S/C13H17N3O5/c1-7(2)6-20-5-4-16-12(17)10-9(8(3)21-15-10)11(14-16)13(18)19/h7H,4-6H2,1-3H3,(H,18,19). The molecule has 0 atom stereocenters. The molecule has 0 bridgehead atoms. The fraction of sp³-hybridized carbons (Fsp3) is 0.538. The van der Waals surface area contributed by atoms with Crippen LogP contribution in [0.3, 0.4) is 0 Å². The Kier molecular flexibility index (Phi) is 4.37. The lowest BCUT2D eigenvalue weighted by atomic mass is 10.2. The van der Waals surface area contributed by atoms with Gasteiger partial charge in [0.2, 0.25) is 0 Å². The molecule has 2 aromatic heterocycles. The maximum Gasteiger partial charge on any atom is 0.357 e. The smallest absolute Gasteiger partial charge is 0.357 e. The molecule has 2 aromatic rings. The van der Waals surface area contributed by atoms with Crippen molar-refractivity contribution in [3.63, 3.8) is 0 Å². The predicted molar refractivity (Wildman–Crippen MR) is 73.4 cm³/mol. The van der Waals surface area contributed by atoms with Gasteiger partial charge in [-0.3, -0.25) is 4.79 Å². The normalized spacial score (nSPS) is 11.4. The highest BCUT2D eigenvalue weighted by molar-refractivity contribution is 6.00. The molecule has 2 rings (SSSR count). The summed E-state index contributed by atoms with van der Waals surface area (Å²) in [7, 11) is 0. The number of aromatic carboxylic acids is 1. The van der Waals surface area contributed by atoms with Crippen molar-refractivity contribution in [3.8, 4) is 0 Å². The van der Waals surface area contributed by atoms with Gasteiger partial charge in [-0.15, -0.1) is 0 Å². The van der Waals surface area contributed by atoms with Gasteiger partial charge in [0, 0.05) is 6.61 Å². The van der Waals surface area contributed by atoms with Crippen LogP contribution in [0.4, 0.5) is 0 Å². The lowest BCUT2D eigenvalue weighted by molar-refractivity contribution is 0.0687. The first-order valence-corrected chi connectivity index (χ1v) is 6.60. The molecule has 1 N–H and O–H groups in total. The van der Waals surface area contributed by atoms with Crippen LogP contribution in [0, 0.1) is 12.8 Å². The van der Waals surface area contributed by atoms with E-state index in [1.807, 2.05) is 13.8 Å². The van der Waals surface area contributed by atoms with Crippen molar-refractivity contribution < 1.29 is 19.2 Å². The molecule has 0 spiro atoms. The molecular weight excluding hydrogens is 278 g/mol. The lowest BCUT2D eigenvalue weighted by Gasteiger charge is -2.08. The van der Waals surface area contributed by atoms with Gasteiger partial charge < -0.3 is 14.4 Å². The second-order valence-corrected chi connectivity index (χ2v) is 5.11. The summed E-state index contributed by atoms with van der Waals surface area (Å²) in [5.74, 6) is -0.594. The molecule has 0 fully saturated rings. The van der Waals surface area contributed by atoms with Gasteiger partial charge in [-0.1, -0.05) is 19.0 Å². The van der Waals surface area contributed by atoms with E-state index in [1.165, 1.54) is 0 Å². The van der Waals surface area contributed by atoms with Crippen LogP contribution in [0.2, 0.25) is 0 Å². The van der Waals surface area contributed by atoms with E-state index in [-0.39, 0.29) is 35.5 Å². The number of aryl methyl sites for hydroxylation is 1. The molecule has 21 heavy (non-hydrogen) atoms. The number of rotatable bonds is 6. The molecule has 0 aliphatic heterocycles. The third kappa shape index (κ3) is 3.10. The van der Waals surface area contributed by atoms with E-state index >= 15 is 0 Å². The summed E-state index contributed by atoms with van der Waals surface area (Å²) >= 11 is 0. The van der Waals surface area contributed by atoms with Gasteiger partial charge in [-0.05, 0) is 12.8 Å². The summed E-state index contributed by atoms with van der Waals surface area (Å²) in [5, 5.41) is 16.9. The van der Waals surface area contributed by atoms with Gasteiger partial charge in [0.25, 0.3) is 5.56 Å². The zero-order valence-electron chi connectivity index (χ0n) is 12.1. The third-order valence-corrected chi connectivity index (χ3v) is 2.86. The molecule has 114 valence electrons. The fourth-order valence-electron chi connectivity index (χ4n) is 1.91. The maximum absolute atomic E-state index is 12.2. The number of ether oxygens (including phenoxy) is 1.